The highest BCUT2D eigenvalue weighted by Gasteiger charge is 2.51. The minimum Gasteiger partial charge on any atom is -0.356 e. The SMILES string of the molecule is O=C(Nc1ccc(Nc2ccccc2)cc1)NC12CC3CC(CC(C3)C1)C2. The molecule has 2 amide bonds. The van der Waals surface area contributed by atoms with Crippen LogP contribution in [0.4, 0.5) is 21.9 Å². The van der Waals surface area contributed by atoms with Crippen molar-refractivity contribution >= 4 is 23.1 Å². The number of para-hydroxylation sites is 1. The molecule has 4 nitrogen and oxygen atoms in total. The molecule has 27 heavy (non-hydrogen) atoms. The van der Waals surface area contributed by atoms with Crippen LogP contribution in [-0.4, -0.2) is 11.6 Å². The first-order valence-corrected chi connectivity index (χ1v) is 10.2. The molecule has 4 aliphatic carbocycles. The molecule has 0 atom stereocenters. The molecule has 0 spiro atoms. The lowest BCUT2D eigenvalue weighted by Crippen LogP contribution is -2.60. The van der Waals surface area contributed by atoms with Crippen LogP contribution in [0.1, 0.15) is 38.5 Å². The molecular formula is C23H27N3O. The number of rotatable bonds is 4. The molecule has 0 unspecified atom stereocenters. The molecule has 0 aromatic heterocycles. The van der Waals surface area contributed by atoms with Gasteiger partial charge >= 0.3 is 6.03 Å². The molecule has 4 bridgehead atoms. The minimum atomic E-state index is -0.0549. The van der Waals surface area contributed by atoms with Crippen molar-refractivity contribution in [2.75, 3.05) is 10.6 Å². The standard InChI is InChI=1S/C23H27N3O/c27-22(26-23-13-16-10-17(14-23)12-18(11-16)15-23)25-21-8-6-20(7-9-21)24-19-4-2-1-3-5-19/h1-9,16-18,24H,10-15H2,(H2,25,26,27). The van der Waals surface area contributed by atoms with Gasteiger partial charge in [-0.1, -0.05) is 18.2 Å². The van der Waals surface area contributed by atoms with Crippen LogP contribution in [0.2, 0.25) is 0 Å². The van der Waals surface area contributed by atoms with E-state index >= 15 is 0 Å². The Labute approximate surface area is 160 Å². The first kappa shape index (κ1) is 16.7. The highest BCUT2D eigenvalue weighted by molar-refractivity contribution is 5.90. The number of amides is 2. The van der Waals surface area contributed by atoms with E-state index in [1.54, 1.807) is 0 Å². The van der Waals surface area contributed by atoms with Crippen LogP contribution in [0.3, 0.4) is 0 Å². The Balaban J connectivity index is 1.20. The van der Waals surface area contributed by atoms with Gasteiger partial charge in [0, 0.05) is 22.6 Å². The third kappa shape index (κ3) is 3.53. The molecule has 0 aliphatic heterocycles. The average molecular weight is 361 g/mol. The lowest BCUT2D eigenvalue weighted by molar-refractivity contribution is -0.0127. The first-order valence-electron chi connectivity index (χ1n) is 10.2. The number of nitrogens with one attached hydrogen (secondary N) is 3. The maximum absolute atomic E-state index is 12.6. The van der Waals surface area contributed by atoms with Crippen molar-refractivity contribution in [1.82, 2.24) is 5.32 Å². The Morgan fingerprint density at radius 2 is 1.26 bits per heavy atom. The molecule has 2 aromatic rings. The van der Waals surface area contributed by atoms with Crippen molar-refractivity contribution in [1.29, 1.82) is 0 Å². The largest absolute Gasteiger partial charge is 0.356 e. The number of carbonyl (C=O) groups is 1. The van der Waals surface area contributed by atoms with Gasteiger partial charge in [0.05, 0.1) is 0 Å². The van der Waals surface area contributed by atoms with Crippen LogP contribution in [0.5, 0.6) is 0 Å². The van der Waals surface area contributed by atoms with Gasteiger partial charge in [0.1, 0.15) is 0 Å². The Hall–Kier alpha value is -2.49. The molecule has 4 aliphatic rings. The van der Waals surface area contributed by atoms with E-state index in [2.05, 4.69) is 16.0 Å². The van der Waals surface area contributed by atoms with Crippen molar-refractivity contribution in [2.24, 2.45) is 17.8 Å². The zero-order valence-electron chi connectivity index (χ0n) is 15.6. The van der Waals surface area contributed by atoms with Crippen LogP contribution in [-0.2, 0) is 0 Å². The molecule has 4 saturated carbocycles. The maximum Gasteiger partial charge on any atom is 0.319 e. The van der Waals surface area contributed by atoms with Crippen molar-refractivity contribution in [2.45, 2.75) is 44.1 Å². The van der Waals surface area contributed by atoms with Crippen LogP contribution in [0.15, 0.2) is 54.6 Å². The van der Waals surface area contributed by atoms with Gasteiger partial charge in [-0.05, 0) is 92.7 Å². The van der Waals surface area contributed by atoms with Crippen LogP contribution >= 0.6 is 0 Å². The summed E-state index contributed by atoms with van der Waals surface area (Å²) < 4.78 is 0. The second kappa shape index (κ2) is 6.59. The van der Waals surface area contributed by atoms with E-state index in [0.29, 0.717) is 0 Å². The summed E-state index contributed by atoms with van der Waals surface area (Å²) in [5, 5.41) is 9.75. The Morgan fingerprint density at radius 1 is 0.741 bits per heavy atom. The summed E-state index contributed by atoms with van der Waals surface area (Å²) in [5.41, 5.74) is 2.94. The number of urea groups is 1. The normalized spacial score (nSPS) is 30.7. The highest BCUT2D eigenvalue weighted by Crippen LogP contribution is 2.55. The third-order valence-corrected chi connectivity index (χ3v) is 6.62. The predicted octanol–water partition coefficient (Wildman–Crippen LogP) is 5.52. The molecule has 0 saturated heterocycles. The lowest BCUT2D eigenvalue weighted by Gasteiger charge is -2.56. The van der Waals surface area contributed by atoms with Crippen molar-refractivity contribution in [3.05, 3.63) is 54.6 Å². The van der Waals surface area contributed by atoms with E-state index in [0.717, 1.165) is 34.8 Å². The number of carbonyl (C=O) groups excluding carboxylic acids is 1. The summed E-state index contributed by atoms with van der Waals surface area (Å²) in [6.45, 7) is 0. The summed E-state index contributed by atoms with van der Waals surface area (Å²) in [5.74, 6) is 2.50. The summed E-state index contributed by atoms with van der Waals surface area (Å²) in [4.78, 5) is 12.6. The zero-order valence-corrected chi connectivity index (χ0v) is 15.6. The topological polar surface area (TPSA) is 53.2 Å². The minimum absolute atomic E-state index is 0.0492. The first-order chi connectivity index (χ1) is 13.2. The molecule has 6 rings (SSSR count). The fourth-order valence-corrected chi connectivity index (χ4v) is 5.99. The monoisotopic (exact) mass is 361 g/mol. The summed E-state index contributed by atoms with van der Waals surface area (Å²) in [7, 11) is 0. The van der Waals surface area contributed by atoms with Crippen molar-refractivity contribution < 1.29 is 4.79 Å². The van der Waals surface area contributed by atoms with Gasteiger partial charge in [-0.15, -0.1) is 0 Å². The van der Waals surface area contributed by atoms with Gasteiger partial charge in [-0.2, -0.15) is 0 Å². The number of hydrogen-bond donors (Lipinski definition) is 3. The van der Waals surface area contributed by atoms with Gasteiger partial charge < -0.3 is 16.0 Å². The molecular weight excluding hydrogens is 334 g/mol. The summed E-state index contributed by atoms with van der Waals surface area (Å²) in [6.07, 6.45) is 7.68. The fourth-order valence-electron chi connectivity index (χ4n) is 5.99. The molecule has 3 N–H and O–H groups in total. The van der Waals surface area contributed by atoms with Gasteiger partial charge in [0.25, 0.3) is 0 Å². The van der Waals surface area contributed by atoms with Crippen molar-refractivity contribution in [3.8, 4) is 0 Å². The van der Waals surface area contributed by atoms with Crippen molar-refractivity contribution in [3.63, 3.8) is 0 Å². The van der Waals surface area contributed by atoms with E-state index in [4.69, 9.17) is 0 Å². The quantitative estimate of drug-likeness (QED) is 0.671. The predicted molar refractivity (Wildman–Crippen MR) is 109 cm³/mol. The fraction of sp³-hybridized carbons (Fsp3) is 0.435. The van der Waals surface area contributed by atoms with Crippen LogP contribution in [0.25, 0.3) is 0 Å². The number of benzene rings is 2. The second-order valence-electron chi connectivity index (χ2n) is 8.85. The summed E-state index contributed by atoms with van der Waals surface area (Å²) >= 11 is 0. The van der Waals surface area contributed by atoms with Gasteiger partial charge in [-0.3, -0.25) is 0 Å². The molecule has 4 fully saturated rings. The highest BCUT2D eigenvalue weighted by atomic mass is 16.2. The van der Waals surface area contributed by atoms with Gasteiger partial charge in [-0.25, -0.2) is 4.79 Å². The van der Waals surface area contributed by atoms with Gasteiger partial charge in [0.15, 0.2) is 0 Å². The van der Waals surface area contributed by atoms with E-state index in [1.807, 2.05) is 54.6 Å². The number of hydrogen-bond acceptors (Lipinski definition) is 2. The molecule has 0 heterocycles. The molecule has 140 valence electrons. The zero-order chi connectivity index (χ0) is 18.3. The van der Waals surface area contributed by atoms with Crippen LogP contribution in [0, 0.1) is 17.8 Å². The Bertz CT molecular complexity index is 780. The maximum atomic E-state index is 12.6. The Kier molecular flexibility index (Phi) is 4.07. The van der Waals surface area contributed by atoms with E-state index < -0.39 is 0 Å². The lowest BCUT2D eigenvalue weighted by atomic mass is 9.53. The second-order valence-corrected chi connectivity index (χ2v) is 8.85. The van der Waals surface area contributed by atoms with E-state index in [1.165, 1.54) is 38.5 Å². The Morgan fingerprint density at radius 3 is 1.85 bits per heavy atom. The average Bonchev–Trinajstić information content (AvgIpc) is 2.62. The molecule has 4 heteroatoms. The van der Waals surface area contributed by atoms with Crippen LogP contribution < -0.4 is 16.0 Å². The van der Waals surface area contributed by atoms with Gasteiger partial charge in [0.2, 0.25) is 0 Å². The molecule has 2 aromatic carbocycles. The van der Waals surface area contributed by atoms with E-state index in [-0.39, 0.29) is 11.6 Å². The smallest absolute Gasteiger partial charge is 0.319 e. The molecule has 0 radical (unpaired) electrons. The third-order valence-electron chi connectivity index (χ3n) is 6.62. The van der Waals surface area contributed by atoms with E-state index in [9.17, 15) is 4.79 Å². The number of anilines is 3. The summed E-state index contributed by atoms with van der Waals surface area (Å²) in [6, 6.07) is 17.9.